The molecule has 28 heavy (non-hydrogen) atoms. The van der Waals surface area contributed by atoms with Gasteiger partial charge in [0.05, 0.1) is 18.8 Å². The maximum atomic E-state index is 12.2. The van der Waals surface area contributed by atoms with E-state index in [1.165, 1.54) is 28.7 Å². The molecule has 3 unspecified atom stereocenters. The molecule has 2 aliphatic rings. The van der Waals surface area contributed by atoms with Gasteiger partial charge in [-0.05, 0) is 31.3 Å². The van der Waals surface area contributed by atoms with Crippen molar-refractivity contribution in [2.45, 2.75) is 38.0 Å². The second kappa shape index (κ2) is 7.93. The lowest BCUT2D eigenvalue weighted by Gasteiger charge is -2.26. The fourth-order valence-corrected chi connectivity index (χ4v) is 4.29. The zero-order valence-corrected chi connectivity index (χ0v) is 17.1. The molecule has 0 spiro atoms. The van der Waals surface area contributed by atoms with Crippen LogP contribution in [-0.2, 0) is 11.3 Å². The van der Waals surface area contributed by atoms with Crippen LogP contribution in [0.3, 0.4) is 0 Å². The molecular formula is C21H24N2O4S. The molecule has 1 aromatic carbocycles. The van der Waals surface area contributed by atoms with E-state index in [9.17, 15) is 4.79 Å². The highest BCUT2D eigenvalue weighted by Crippen LogP contribution is 2.49. The fraction of sp³-hybridized carbons (Fsp3) is 0.429. The van der Waals surface area contributed by atoms with Gasteiger partial charge in [-0.3, -0.25) is 4.98 Å². The normalized spacial score (nSPS) is 22.5. The lowest BCUT2D eigenvalue weighted by Crippen LogP contribution is -2.30. The predicted molar refractivity (Wildman–Crippen MR) is 107 cm³/mol. The quantitative estimate of drug-likeness (QED) is 0.545. The average molecular weight is 401 g/mol. The Morgan fingerprint density at radius 3 is 2.96 bits per heavy atom. The summed E-state index contributed by atoms with van der Waals surface area (Å²) in [6.45, 7) is 3.97. The highest BCUT2D eigenvalue weighted by Gasteiger charge is 2.41. The highest BCUT2D eigenvalue weighted by molar-refractivity contribution is 7.11. The Hall–Kier alpha value is -2.38. The Bertz CT molecular complexity index is 881. The van der Waals surface area contributed by atoms with Gasteiger partial charge < -0.3 is 19.1 Å². The summed E-state index contributed by atoms with van der Waals surface area (Å²) >= 11 is 1.28. The molecule has 4 rings (SSSR count). The van der Waals surface area contributed by atoms with Crippen LogP contribution in [0.15, 0.2) is 36.0 Å². The molecule has 1 aliphatic heterocycles. The first-order chi connectivity index (χ1) is 13.6. The van der Waals surface area contributed by atoms with Crippen LogP contribution >= 0.6 is 11.3 Å². The van der Waals surface area contributed by atoms with Crippen molar-refractivity contribution in [3.8, 4) is 11.5 Å². The van der Waals surface area contributed by atoms with E-state index in [4.69, 9.17) is 14.2 Å². The molecule has 0 amide bonds. The third-order valence-corrected chi connectivity index (χ3v) is 6.10. The van der Waals surface area contributed by atoms with Gasteiger partial charge in [0.2, 0.25) is 0 Å². The van der Waals surface area contributed by atoms with Crippen LogP contribution in [0.5, 0.6) is 11.5 Å². The fourth-order valence-electron chi connectivity index (χ4n) is 3.78. The summed E-state index contributed by atoms with van der Waals surface area (Å²) < 4.78 is 17.5. The van der Waals surface area contributed by atoms with Gasteiger partial charge >= 0.3 is 5.97 Å². The number of carbonyl (C=O) groups is 1. The van der Waals surface area contributed by atoms with Crippen LogP contribution in [0.25, 0.3) is 0 Å². The molecule has 148 valence electrons. The number of thiazole rings is 1. The molecule has 2 heterocycles. The van der Waals surface area contributed by atoms with Gasteiger partial charge in [0, 0.05) is 24.4 Å². The second-order valence-corrected chi connectivity index (χ2v) is 8.00. The van der Waals surface area contributed by atoms with Crippen molar-refractivity contribution < 1.29 is 19.0 Å². The van der Waals surface area contributed by atoms with Gasteiger partial charge in [0.25, 0.3) is 0 Å². The molecule has 6 nitrogen and oxygen atoms in total. The summed E-state index contributed by atoms with van der Waals surface area (Å²) in [7, 11) is 3.77. The summed E-state index contributed by atoms with van der Waals surface area (Å²) in [6.07, 6.45) is 5.86. The Labute approximate surface area is 168 Å². The third-order valence-electron chi connectivity index (χ3n) is 5.34. The predicted octanol–water partition coefficient (Wildman–Crippen LogP) is 3.63. The molecule has 2 aromatic rings. The number of benzene rings is 1. The highest BCUT2D eigenvalue weighted by atomic mass is 32.1. The van der Waals surface area contributed by atoms with Crippen molar-refractivity contribution in [2.75, 3.05) is 20.7 Å². The van der Waals surface area contributed by atoms with E-state index in [0.717, 1.165) is 24.6 Å². The zero-order chi connectivity index (χ0) is 19.7. The maximum absolute atomic E-state index is 12.2. The van der Waals surface area contributed by atoms with Crippen molar-refractivity contribution in [1.29, 1.82) is 0 Å². The van der Waals surface area contributed by atoms with Gasteiger partial charge in [-0.1, -0.05) is 19.1 Å². The Balaban J connectivity index is 1.57. The van der Waals surface area contributed by atoms with Crippen LogP contribution in [0.2, 0.25) is 0 Å². The van der Waals surface area contributed by atoms with Gasteiger partial charge in [0.15, 0.2) is 11.5 Å². The minimum atomic E-state index is -0.339. The number of carbonyl (C=O) groups excluding carboxylic acids is 1. The smallest absolute Gasteiger partial charge is 0.350 e. The number of methoxy groups -OCH3 is 1. The van der Waals surface area contributed by atoms with Crippen LogP contribution in [0, 0.1) is 0 Å². The van der Waals surface area contributed by atoms with Crippen molar-refractivity contribution in [3.63, 3.8) is 0 Å². The standard InChI is InChI=1S/C21H24N2O4S/c1-4-23(2)11-13-5-8-16(25-3)20-19(13)15-7-6-14(9-17(15)27-20)26-21(24)18-10-22-12-28-18/h5-8,10,12,14-15,17H,4,9,11H2,1-3H3. The van der Waals surface area contributed by atoms with Crippen LogP contribution in [0.1, 0.15) is 40.1 Å². The second-order valence-electron chi connectivity index (χ2n) is 7.11. The van der Waals surface area contributed by atoms with Gasteiger partial charge in [-0.25, -0.2) is 4.79 Å². The number of aromatic nitrogens is 1. The monoisotopic (exact) mass is 400 g/mol. The number of ether oxygens (including phenoxy) is 3. The summed E-state index contributed by atoms with van der Waals surface area (Å²) in [5, 5.41) is 0. The van der Waals surface area contributed by atoms with Crippen molar-refractivity contribution in [1.82, 2.24) is 9.88 Å². The first-order valence-corrected chi connectivity index (χ1v) is 10.3. The molecule has 1 aromatic heterocycles. The number of hydrogen-bond acceptors (Lipinski definition) is 7. The van der Waals surface area contributed by atoms with Gasteiger partial charge in [-0.2, -0.15) is 0 Å². The minimum Gasteiger partial charge on any atom is -0.493 e. The minimum absolute atomic E-state index is 0.0683. The van der Waals surface area contributed by atoms with Crippen LogP contribution < -0.4 is 9.47 Å². The molecule has 0 fully saturated rings. The van der Waals surface area contributed by atoms with Crippen molar-refractivity contribution in [3.05, 3.63) is 52.0 Å². The number of hydrogen-bond donors (Lipinski definition) is 0. The van der Waals surface area contributed by atoms with E-state index in [1.807, 2.05) is 12.1 Å². The van der Waals surface area contributed by atoms with Gasteiger partial charge in [0.1, 0.15) is 17.1 Å². The van der Waals surface area contributed by atoms with E-state index in [0.29, 0.717) is 11.3 Å². The van der Waals surface area contributed by atoms with E-state index in [2.05, 4.69) is 36.0 Å². The van der Waals surface area contributed by atoms with E-state index >= 15 is 0 Å². The van der Waals surface area contributed by atoms with Crippen LogP contribution in [-0.4, -0.2) is 48.8 Å². The first-order valence-electron chi connectivity index (χ1n) is 9.43. The summed E-state index contributed by atoms with van der Waals surface area (Å²) in [5.41, 5.74) is 4.06. The average Bonchev–Trinajstić information content (AvgIpc) is 3.36. The molecule has 0 bridgehead atoms. The van der Waals surface area contributed by atoms with E-state index in [1.54, 1.807) is 12.6 Å². The number of rotatable bonds is 6. The maximum Gasteiger partial charge on any atom is 0.350 e. The SMILES string of the molecule is CCN(C)Cc1ccc(OC)c2c1C1C=CC(OC(=O)c3cncs3)CC1O2. The largest absolute Gasteiger partial charge is 0.493 e. The first kappa shape index (κ1) is 19.0. The lowest BCUT2D eigenvalue weighted by molar-refractivity contribution is 0.0286. The zero-order valence-electron chi connectivity index (χ0n) is 16.3. The van der Waals surface area contributed by atoms with E-state index < -0.39 is 0 Å². The molecule has 0 saturated heterocycles. The Morgan fingerprint density at radius 2 is 2.25 bits per heavy atom. The molecule has 3 atom stereocenters. The van der Waals surface area contributed by atoms with Crippen molar-refractivity contribution in [2.24, 2.45) is 0 Å². The van der Waals surface area contributed by atoms with Crippen LogP contribution in [0.4, 0.5) is 0 Å². The van der Waals surface area contributed by atoms with E-state index in [-0.39, 0.29) is 24.1 Å². The molecule has 0 N–H and O–H groups in total. The molecule has 1 aliphatic carbocycles. The van der Waals surface area contributed by atoms with Crippen molar-refractivity contribution >= 4 is 17.3 Å². The lowest BCUT2D eigenvalue weighted by atomic mass is 9.85. The van der Waals surface area contributed by atoms with Gasteiger partial charge in [-0.15, -0.1) is 11.3 Å². The molecule has 0 radical (unpaired) electrons. The Morgan fingerprint density at radius 1 is 1.39 bits per heavy atom. The topological polar surface area (TPSA) is 60.9 Å². The number of esters is 1. The molecule has 7 heteroatoms. The summed E-state index contributed by atoms with van der Waals surface area (Å²) in [5.74, 6) is 1.37. The molecular weight excluding hydrogens is 376 g/mol. The Kier molecular flexibility index (Phi) is 5.37. The number of fused-ring (bicyclic) bond motifs is 3. The number of nitrogens with zero attached hydrogens (tertiary/aromatic N) is 2. The summed E-state index contributed by atoms with van der Waals surface area (Å²) in [6, 6.07) is 4.10. The molecule has 0 saturated carbocycles. The summed E-state index contributed by atoms with van der Waals surface area (Å²) in [4.78, 5) is 19.0. The third kappa shape index (κ3) is 3.52.